The number of esters is 1. The SMILES string of the molecule is CCNC(=NCc1ccc(C(=O)OC)cc1)N1CCC2(CCC2)C1. The Morgan fingerprint density at radius 2 is 2.04 bits per heavy atom. The molecule has 1 aliphatic carbocycles. The van der Waals surface area contributed by atoms with Crippen LogP contribution in [0.5, 0.6) is 0 Å². The second-order valence-corrected chi connectivity index (χ2v) is 6.88. The fourth-order valence-corrected chi connectivity index (χ4v) is 3.66. The van der Waals surface area contributed by atoms with E-state index in [1.807, 2.05) is 12.1 Å². The van der Waals surface area contributed by atoms with Crippen LogP contribution in [0.25, 0.3) is 0 Å². The number of benzene rings is 1. The molecule has 1 aromatic carbocycles. The maximum atomic E-state index is 11.5. The van der Waals surface area contributed by atoms with Crippen molar-refractivity contribution >= 4 is 11.9 Å². The second-order valence-electron chi connectivity index (χ2n) is 6.88. The molecule has 1 heterocycles. The van der Waals surface area contributed by atoms with Crippen molar-refractivity contribution in [1.29, 1.82) is 0 Å². The summed E-state index contributed by atoms with van der Waals surface area (Å²) in [5.74, 6) is 0.708. The van der Waals surface area contributed by atoms with Crippen molar-refractivity contribution in [3.8, 4) is 0 Å². The van der Waals surface area contributed by atoms with Gasteiger partial charge in [0.15, 0.2) is 5.96 Å². The van der Waals surface area contributed by atoms with Gasteiger partial charge < -0.3 is 15.0 Å². The number of hydrogen-bond acceptors (Lipinski definition) is 3. The zero-order chi connectivity index (χ0) is 17.0. The molecule has 0 aromatic heterocycles. The van der Waals surface area contributed by atoms with E-state index >= 15 is 0 Å². The summed E-state index contributed by atoms with van der Waals surface area (Å²) in [5, 5.41) is 3.42. The van der Waals surface area contributed by atoms with Crippen molar-refractivity contribution in [2.45, 2.75) is 39.2 Å². The minimum Gasteiger partial charge on any atom is -0.465 e. The Morgan fingerprint density at radius 3 is 2.58 bits per heavy atom. The van der Waals surface area contributed by atoms with Gasteiger partial charge in [0.1, 0.15) is 0 Å². The van der Waals surface area contributed by atoms with Crippen molar-refractivity contribution in [3.63, 3.8) is 0 Å². The van der Waals surface area contributed by atoms with Gasteiger partial charge in [-0.1, -0.05) is 18.6 Å². The predicted molar refractivity (Wildman–Crippen MR) is 95.1 cm³/mol. The predicted octanol–water partition coefficient (Wildman–Crippen LogP) is 2.81. The molecular weight excluding hydrogens is 302 g/mol. The first-order chi connectivity index (χ1) is 11.7. The van der Waals surface area contributed by atoms with Gasteiger partial charge in [-0.3, -0.25) is 0 Å². The molecule has 5 heteroatoms. The number of aliphatic imine (C=N–C) groups is 1. The number of rotatable bonds is 4. The molecule has 1 aliphatic heterocycles. The molecule has 1 N–H and O–H groups in total. The number of carbonyl (C=O) groups is 1. The lowest BCUT2D eigenvalue weighted by Crippen LogP contribution is -2.42. The number of nitrogens with one attached hydrogen (secondary N) is 1. The molecule has 3 rings (SSSR count). The van der Waals surface area contributed by atoms with Gasteiger partial charge in [0.25, 0.3) is 0 Å². The van der Waals surface area contributed by atoms with Crippen molar-refractivity contribution in [2.75, 3.05) is 26.7 Å². The van der Waals surface area contributed by atoms with Gasteiger partial charge in [-0.25, -0.2) is 9.79 Å². The number of guanidine groups is 1. The lowest BCUT2D eigenvalue weighted by Gasteiger charge is -2.38. The summed E-state index contributed by atoms with van der Waals surface area (Å²) in [6.07, 6.45) is 5.43. The van der Waals surface area contributed by atoms with Gasteiger partial charge in [0, 0.05) is 19.6 Å². The normalized spacial score (nSPS) is 19.2. The summed E-state index contributed by atoms with van der Waals surface area (Å²) in [6.45, 7) is 5.85. The molecule has 1 saturated heterocycles. The first kappa shape index (κ1) is 16.8. The maximum Gasteiger partial charge on any atom is 0.337 e. The molecule has 0 radical (unpaired) electrons. The van der Waals surface area contributed by atoms with Crippen molar-refractivity contribution < 1.29 is 9.53 Å². The van der Waals surface area contributed by atoms with Crippen LogP contribution < -0.4 is 5.32 Å². The first-order valence-corrected chi connectivity index (χ1v) is 8.86. The molecule has 1 aromatic rings. The van der Waals surface area contributed by atoms with Crippen LogP contribution in [0.1, 0.15) is 48.5 Å². The van der Waals surface area contributed by atoms with E-state index in [0.717, 1.165) is 31.2 Å². The van der Waals surface area contributed by atoms with Crippen LogP contribution >= 0.6 is 0 Å². The number of ether oxygens (including phenoxy) is 1. The molecule has 0 unspecified atom stereocenters. The summed E-state index contributed by atoms with van der Waals surface area (Å²) in [7, 11) is 1.40. The largest absolute Gasteiger partial charge is 0.465 e. The highest BCUT2D eigenvalue weighted by molar-refractivity contribution is 5.89. The molecule has 0 bridgehead atoms. The summed E-state index contributed by atoms with van der Waals surface area (Å²) in [5.41, 5.74) is 2.23. The minimum absolute atomic E-state index is 0.304. The van der Waals surface area contributed by atoms with Crippen molar-refractivity contribution in [2.24, 2.45) is 10.4 Å². The smallest absolute Gasteiger partial charge is 0.337 e. The molecule has 1 spiro atoms. The highest BCUT2D eigenvalue weighted by atomic mass is 16.5. The Labute approximate surface area is 144 Å². The van der Waals surface area contributed by atoms with E-state index in [2.05, 4.69) is 17.1 Å². The number of hydrogen-bond donors (Lipinski definition) is 1. The van der Waals surface area contributed by atoms with Crippen LogP contribution in [0.3, 0.4) is 0 Å². The number of carbonyl (C=O) groups excluding carboxylic acids is 1. The third-order valence-corrected chi connectivity index (χ3v) is 5.27. The summed E-state index contributed by atoms with van der Waals surface area (Å²) >= 11 is 0. The fraction of sp³-hybridized carbons (Fsp3) is 0.579. The second kappa shape index (κ2) is 7.24. The molecule has 2 aliphatic rings. The molecular formula is C19H27N3O2. The van der Waals surface area contributed by atoms with Crippen LogP contribution in [0.4, 0.5) is 0 Å². The van der Waals surface area contributed by atoms with Crippen LogP contribution in [-0.2, 0) is 11.3 Å². The van der Waals surface area contributed by atoms with Gasteiger partial charge in [-0.15, -0.1) is 0 Å². The topological polar surface area (TPSA) is 53.9 Å². The molecule has 1 saturated carbocycles. The Bertz CT molecular complexity index is 606. The Hall–Kier alpha value is -2.04. The van der Waals surface area contributed by atoms with Crippen LogP contribution in [0, 0.1) is 5.41 Å². The van der Waals surface area contributed by atoms with E-state index in [9.17, 15) is 4.79 Å². The zero-order valence-corrected chi connectivity index (χ0v) is 14.7. The lowest BCUT2D eigenvalue weighted by atomic mass is 9.68. The Kier molecular flexibility index (Phi) is 5.07. The highest BCUT2D eigenvalue weighted by Gasteiger charge is 2.43. The fourth-order valence-electron chi connectivity index (χ4n) is 3.66. The van der Waals surface area contributed by atoms with Crippen molar-refractivity contribution in [1.82, 2.24) is 10.2 Å². The molecule has 2 fully saturated rings. The van der Waals surface area contributed by atoms with Crippen LogP contribution in [-0.4, -0.2) is 43.6 Å². The van der Waals surface area contributed by atoms with Gasteiger partial charge in [-0.05, 0) is 49.3 Å². The van der Waals surface area contributed by atoms with Crippen LogP contribution in [0.2, 0.25) is 0 Å². The summed E-state index contributed by atoms with van der Waals surface area (Å²) < 4.78 is 4.73. The first-order valence-electron chi connectivity index (χ1n) is 8.86. The zero-order valence-electron chi connectivity index (χ0n) is 14.7. The third kappa shape index (κ3) is 3.55. The minimum atomic E-state index is -0.304. The van der Waals surface area contributed by atoms with Crippen LogP contribution in [0.15, 0.2) is 29.3 Å². The van der Waals surface area contributed by atoms with E-state index in [1.54, 1.807) is 12.1 Å². The van der Waals surface area contributed by atoms with E-state index in [0.29, 0.717) is 17.5 Å². The van der Waals surface area contributed by atoms with E-state index in [1.165, 1.54) is 32.8 Å². The number of likely N-dealkylation sites (tertiary alicyclic amines) is 1. The number of methoxy groups -OCH3 is 1. The summed E-state index contributed by atoms with van der Waals surface area (Å²) in [6, 6.07) is 7.47. The van der Waals surface area contributed by atoms with Crippen molar-refractivity contribution in [3.05, 3.63) is 35.4 Å². The average Bonchev–Trinajstić information content (AvgIpc) is 3.04. The summed E-state index contributed by atoms with van der Waals surface area (Å²) in [4.78, 5) is 18.7. The Morgan fingerprint density at radius 1 is 1.29 bits per heavy atom. The van der Waals surface area contributed by atoms with Gasteiger partial charge >= 0.3 is 5.97 Å². The molecule has 5 nitrogen and oxygen atoms in total. The van der Waals surface area contributed by atoms with Gasteiger partial charge in [0.05, 0.1) is 19.2 Å². The van der Waals surface area contributed by atoms with E-state index < -0.39 is 0 Å². The standard InChI is InChI=1S/C19H27N3O2/c1-3-20-18(22-12-11-19(14-22)9-4-10-19)21-13-15-5-7-16(8-6-15)17(23)24-2/h5-8H,3-4,9-14H2,1-2H3,(H,20,21). The molecule has 0 atom stereocenters. The van der Waals surface area contributed by atoms with E-state index in [-0.39, 0.29) is 5.97 Å². The average molecular weight is 329 g/mol. The van der Waals surface area contributed by atoms with Gasteiger partial charge in [0.2, 0.25) is 0 Å². The number of nitrogens with zero attached hydrogens (tertiary/aromatic N) is 2. The maximum absolute atomic E-state index is 11.5. The molecule has 0 amide bonds. The highest BCUT2D eigenvalue weighted by Crippen LogP contribution is 2.47. The Balaban J connectivity index is 1.64. The lowest BCUT2D eigenvalue weighted by molar-refractivity contribution is 0.0600. The monoisotopic (exact) mass is 329 g/mol. The van der Waals surface area contributed by atoms with Gasteiger partial charge in [-0.2, -0.15) is 0 Å². The quantitative estimate of drug-likeness (QED) is 0.524. The third-order valence-electron chi connectivity index (χ3n) is 5.27. The van der Waals surface area contributed by atoms with E-state index in [4.69, 9.17) is 9.73 Å². The molecule has 130 valence electrons. The molecule has 24 heavy (non-hydrogen) atoms.